The summed E-state index contributed by atoms with van der Waals surface area (Å²) in [4.78, 5) is 19.1. The minimum Gasteiger partial charge on any atom is -0.368 e. The first kappa shape index (κ1) is 24.4. The number of rotatable bonds is 7. The van der Waals surface area contributed by atoms with E-state index in [0.717, 1.165) is 32.1 Å². The minimum atomic E-state index is -0.717. The van der Waals surface area contributed by atoms with Gasteiger partial charge in [0.1, 0.15) is 6.29 Å². The molecule has 0 spiro atoms. The number of thioether (sulfide) groups is 1. The third-order valence-corrected chi connectivity index (χ3v) is 12.8. The SMILES string of the molecule is C=C1C2CC=C3C4=CC5(C)SC(CCC=O)=CC5N4Cc4sc(c2c43)-c2cc3sc(CCC(O)OC)cc3n21. The Morgan fingerprint density at radius 2 is 2.18 bits per heavy atom. The van der Waals surface area contributed by atoms with Crippen molar-refractivity contribution in [2.24, 2.45) is 0 Å². The molecule has 39 heavy (non-hydrogen) atoms. The maximum atomic E-state index is 11.0. The largest absolute Gasteiger partial charge is 0.368 e. The summed E-state index contributed by atoms with van der Waals surface area (Å²) in [5, 5.41) is 9.84. The van der Waals surface area contributed by atoms with Crippen molar-refractivity contribution in [1.29, 1.82) is 0 Å². The van der Waals surface area contributed by atoms with Gasteiger partial charge in [-0.15, -0.1) is 34.4 Å². The summed E-state index contributed by atoms with van der Waals surface area (Å²) in [5.41, 5.74) is 9.47. The fourth-order valence-corrected chi connectivity index (χ4v) is 11.2. The van der Waals surface area contributed by atoms with Crippen molar-refractivity contribution in [3.05, 3.63) is 68.4 Å². The number of aliphatic hydroxyl groups is 1. The summed E-state index contributed by atoms with van der Waals surface area (Å²) in [6.07, 6.45) is 11.5. The number of aryl methyl sites for hydroxylation is 1. The van der Waals surface area contributed by atoms with Crippen LogP contribution < -0.4 is 0 Å². The second-order valence-corrected chi connectivity index (χ2v) is 15.2. The molecule has 0 saturated heterocycles. The van der Waals surface area contributed by atoms with Crippen molar-refractivity contribution >= 4 is 62.2 Å². The van der Waals surface area contributed by atoms with Crippen LogP contribution in [0.2, 0.25) is 0 Å². The molecule has 4 atom stereocenters. The normalized spacial score (nSPS) is 26.6. The molecule has 0 saturated carbocycles. The third kappa shape index (κ3) is 3.36. The molecule has 5 nitrogen and oxygen atoms in total. The van der Waals surface area contributed by atoms with Crippen LogP contribution in [0.25, 0.3) is 32.1 Å². The number of hydrogen-bond donors (Lipinski definition) is 1. The first-order valence-corrected chi connectivity index (χ1v) is 16.1. The fraction of sp³-hybridized carbons (Fsp3) is 0.387. The molecule has 0 radical (unpaired) electrons. The molecular weight excluding hydrogens is 545 g/mol. The van der Waals surface area contributed by atoms with Crippen molar-refractivity contribution < 1.29 is 14.6 Å². The number of aliphatic hydroxyl groups excluding tert-OH is 1. The zero-order valence-corrected chi connectivity index (χ0v) is 24.5. The van der Waals surface area contributed by atoms with E-state index in [1.165, 1.54) is 63.5 Å². The molecule has 200 valence electrons. The van der Waals surface area contributed by atoms with Crippen LogP contribution in [0.5, 0.6) is 0 Å². The zero-order valence-electron chi connectivity index (χ0n) is 22.0. The van der Waals surface area contributed by atoms with Gasteiger partial charge in [0.2, 0.25) is 0 Å². The lowest BCUT2D eigenvalue weighted by atomic mass is 9.77. The number of nitrogens with zero attached hydrogens (tertiary/aromatic N) is 2. The molecule has 4 aliphatic heterocycles. The highest BCUT2D eigenvalue weighted by Crippen LogP contribution is 2.62. The lowest BCUT2D eigenvalue weighted by Gasteiger charge is -2.38. The van der Waals surface area contributed by atoms with E-state index < -0.39 is 6.29 Å². The number of aromatic nitrogens is 1. The Labute approximate surface area is 240 Å². The van der Waals surface area contributed by atoms with Gasteiger partial charge in [-0.2, -0.15) is 0 Å². The Morgan fingerprint density at radius 1 is 1.31 bits per heavy atom. The highest BCUT2D eigenvalue weighted by molar-refractivity contribution is 8.04. The zero-order chi connectivity index (χ0) is 26.6. The molecule has 0 bridgehead atoms. The van der Waals surface area contributed by atoms with E-state index in [0.29, 0.717) is 24.8 Å². The number of ether oxygens (including phenoxy) is 1. The molecule has 1 aliphatic carbocycles. The van der Waals surface area contributed by atoms with Gasteiger partial charge in [-0.1, -0.05) is 18.7 Å². The van der Waals surface area contributed by atoms with Gasteiger partial charge in [-0.3, -0.25) is 0 Å². The van der Waals surface area contributed by atoms with Gasteiger partial charge < -0.3 is 24.1 Å². The van der Waals surface area contributed by atoms with Gasteiger partial charge in [0.05, 0.1) is 38.1 Å². The summed E-state index contributed by atoms with van der Waals surface area (Å²) in [5.74, 6) is 0.304. The van der Waals surface area contributed by atoms with Crippen molar-refractivity contribution in [1.82, 2.24) is 9.47 Å². The van der Waals surface area contributed by atoms with Gasteiger partial charge in [0.25, 0.3) is 0 Å². The van der Waals surface area contributed by atoms with Gasteiger partial charge in [-0.05, 0) is 54.9 Å². The predicted molar refractivity (Wildman–Crippen MR) is 162 cm³/mol. The van der Waals surface area contributed by atoms with Gasteiger partial charge in [0, 0.05) is 58.2 Å². The lowest BCUT2D eigenvalue weighted by molar-refractivity contribution is -0.107. The summed E-state index contributed by atoms with van der Waals surface area (Å²) in [7, 11) is 1.55. The predicted octanol–water partition coefficient (Wildman–Crippen LogP) is 7.13. The summed E-state index contributed by atoms with van der Waals surface area (Å²) in [6.45, 7) is 7.96. The lowest BCUT2D eigenvalue weighted by Crippen LogP contribution is -2.39. The van der Waals surface area contributed by atoms with Crippen LogP contribution in [-0.4, -0.2) is 45.0 Å². The summed E-state index contributed by atoms with van der Waals surface area (Å²) < 4.78 is 8.75. The van der Waals surface area contributed by atoms with Crippen molar-refractivity contribution in [3.8, 4) is 10.6 Å². The number of fused-ring (bicyclic) bond motifs is 8. The smallest absolute Gasteiger partial charge is 0.154 e. The fourth-order valence-electron chi connectivity index (χ4n) is 7.24. The molecule has 3 aromatic rings. The Hall–Kier alpha value is -2.36. The van der Waals surface area contributed by atoms with Crippen molar-refractivity contribution in [2.75, 3.05) is 7.11 Å². The molecule has 0 fully saturated rings. The third-order valence-electron chi connectivity index (χ3n) is 9.02. The number of allylic oxidation sites excluding steroid dienone is 4. The molecule has 1 N–H and O–H groups in total. The average molecular weight is 575 g/mol. The maximum absolute atomic E-state index is 11.0. The molecule has 0 amide bonds. The Morgan fingerprint density at radius 3 is 3.00 bits per heavy atom. The van der Waals surface area contributed by atoms with Crippen molar-refractivity contribution in [3.63, 3.8) is 0 Å². The molecule has 5 aliphatic rings. The summed E-state index contributed by atoms with van der Waals surface area (Å²) >= 11 is 5.74. The minimum absolute atomic E-state index is 0.0269. The molecule has 4 unspecified atom stereocenters. The first-order chi connectivity index (χ1) is 18.9. The molecule has 8 rings (SSSR count). The highest BCUT2D eigenvalue weighted by atomic mass is 32.2. The highest BCUT2D eigenvalue weighted by Gasteiger charge is 2.51. The second-order valence-electron chi connectivity index (χ2n) is 11.3. The molecular formula is C31H30N2O3S3. The number of thiophene rings is 2. The van der Waals surface area contributed by atoms with E-state index in [4.69, 9.17) is 4.74 Å². The van der Waals surface area contributed by atoms with Crippen LogP contribution in [0.4, 0.5) is 0 Å². The Bertz CT molecular complexity index is 1680. The number of carbonyl (C=O) groups excluding carboxylic acids is 1. The number of carbonyl (C=O) groups is 1. The number of hydrogen-bond acceptors (Lipinski definition) is 7. The summed E-state index contributed by atoms with van der Waals surface area (Å²) in [6, 6.07) is 4.98. The molecule has 0 aromatic carbocycles. The van der Waals surface area contributed by atoms with Gasteiger partial charge in [0.15, 0.2) is 6.29 Å². The Kier molecular flexibility index (Phi) is 5.37. The van der Waals surface area contributed by atoms with Crippen LogP contribution in [0.3, 0.4) is 0 Å². The standard InChI is InChI=1S/C31H30N2O3S3/c1-16-19-7-8-20-23-14-31(2)26(12-18(39-31)5-4-10-34)32(23)15-25-28(20)29(19)30(38-25)22-13-24-21(33(16)22)11-17(37-24)6-9-27(35)36-3/h8,10-14,19,26-27,35H,1,4-7,9,15H2,2-3H3. The maximum Gasteiger partial charge on any atom is 0.154 e. The van der Waals surface area contributed by atoms with Gasteiger partial charge in [-0.25, -0.2) is 0 Å². The number of aldehydes is 1. The van der Waals surface area contributed by atoms with Crippen LogP contribution in [0, 0.1) is 0 Å². The monoisotopic (exact) mass is 574 g/mol. The average Bonchev–Trinajstić information content (AvgIpc) is 3.70. The van der Waals surface area contributed by atoms with E-state index in [1.54, 1.807) is 7.11 Å². The van der Waals surface area contributed by atoms with Crippen LogP contribution in [-0.2, 0) is 22.5 Å². The van der Waals surface area contributed by atoms with E-state index in [9.17, 15) is 9.90 Å². The number of methoxy groups -OCH3 is 1. The van der Waals surface area contributed by atoms with E-state index >= 15 is 0 Å². The van der Waals surface area contributed by atoms with E-state index in [1.807, 2.05) is 34.4 Å². The second kappa shape index (κ2) is 8.57. The first-order valence-electron chi connectivity index (χ1n) is 13.6. The van der Waals surface area contributed by atoms with Crippen LogP contribution >= 0.6 is 34.4 Å². The molecule has 7 heterocycles. The Balaban J connectivity index is 1.19. The van der Waals surface area contributed by atoms with Crippen LogP contribution in [0.1, 0.15) is 59.4 Å². The van der Waals surface area contributed by atoms with E-state index in [-0.39, 0.29) is 4.75 Å². The topological polar surface area (TPSA) is 54.7 Å². The molecule has 8 heteroatoms. The quantitative estimate of drug-likeness (QED) is 0.240. The van der Waals surface area contributed by atoms with Crippen LogP contribution in [0.15, 0.2) is 47.5 Å². The molecule has 3 aromatic heterocycles. The van der Waals surface area contributed by atoms with E-state index in [2.05, 4.69) is 53.3 Å². The van der Waals surface area contributed by atoms with Crippen molar-refractivity contribution in [2.45, 2.75) is 68.6 Å². The van der Waals surface area contributed by atoms with Gasteiger partial charge >= 0.3 is 0 Å².